The molecule has 0 aliphatic carbocycles. The average molecular weight is 365 g/mol. The highest BCUT2D eigenvalue weighted by Crippen LogP contribution is 2.37. The van der Waals surface area contributed by atoms with E-state index in [1.165, 1.54) is 5.32 Å². The van der Waals surface area contributed by atoms with Gasteiger partial charge in [-0.05, 0) is 22.0 Å². The van der Waals surface area contributed by atoms with E-state index in [0.29, 0.717) is 0 Å². The molecule has 0 aromatic heterocycles. The molecule has 0 fully saturated rings. The van der Waals surface area contributed by atoms with Crippen molar-refractivity contribution in [3.8, 4) is 0 Å². The summed E-state index contributed by atoms with van der Waals surface area (Å²) in [6.07, 6.45) is -6.02. The number of carbonyl (C=O) groups is 1. The summed E-state index contributed by atoms with van der Waals surface area (Å²) in [5.41, 5.74) is -0.651. The molecule has 0 heterocycles. The second-order valence-electron chi connectivity index (χ2n) is 3.53. The Morgan fingerprint density at radius 2 is 1.85 bits per heavy atom. The van der Waals surface area contributed by atoms with E-state index in [9.17, 15) is 32.0 Å². The number of amides is 1. The van der Waals surface area contributed by atoms with Gasteiger partial charge in [-0.15, -0.1) is 0 Å². The zero-order valence-electron chi connectivity index (χ0n) is 9.26. The van der Waals surface area contributed by atoms with Gasteiger partial charge < -0.3 is 10.5 Å². The van der Waals surface area contributed by atoms with Gasteiger partial charge in [0, 0.05) is 16.6 Å². The van der Waals surface area contributed by atoms with Gasteiger partial charge in [-0.1, -0.05) is 0 Å². The summed E-state index contributed by atoms with van der Waals surface area (Å²) in [5, 5.41) is 19.3. The number of benzene rings is 1. The number of rotatable bonds is 3. The summed E-state index contributed by atoms with van der Waals surface area (Å²) in [6, 6.07) is 2.77. The minimum Gasteiger partial charge on any atom is -0.595 e. The van der Waals surface area contributed by atoms with E-state index in [2.05, 4.69) is 15.9 Å². The van der Waals surface area contributed by atoms with Crippen LogP contribution in [0.4, 0.5) is 33.3 Å². The van der Waals surface area contributed by atoms with Gasteiger partial charge in [0.25, 0.3) is 0 Å². The molecule has 0 bridgehead atoms. The van der Waals surface area contributed by atoms with Crippen LogP contribution in [-0.2, 0) is 4.79 Å². The van der Waals surface area contributed by atoms with Gasteiger partial charge in [0.05, 0.1) is 5.69 Å². The van der Waals surface area contributed by atoms with Crippen LogP contribution in [0.1, 0.15) is 0 Å². The summed E-state index contributed by atoms with van der Waals surface area (Å²) < 4.78 is 61.1. The maximum Gasteiger partial charge on any atom is 0.463 e. The molecule has 0 spiro atoms. The molecule has 0 saturated carbocycles. The normalized spacial score (nSPS) is 14.0. The molecule has 11 heteroatoms. The van der Waals surface area contributed by atoms with Crippen LogP contribution in [0.15, 0.2) is 22.7 Å². The topological polar surface area (TPSA) is 76.8 Å². The lowest BCUT2D eigenvalue weighted by Gasteiger charge is -2.19. The summed E-state index contributed by atoms with van der Waals surface area (Å²) in [6.45, 7) is 0. The number of quaternary nitrogens is 1. The van der Waals surface area contributed by atoms with Crippen LogP contribution < -0.4 is 10.5 Å². The second-order valence-corrected chi connectivity index (χ2v) is 4.38. The molecule has 0 saturated heterocycles. The number of carbonyl (C=O) groups excluding carboxylic acids is 1. The van der Waals surface area contributed by atoms with Gasteiger partial charge in [0.2, 0.25) is 0 Å². The van der Waals surface area contributed by atoms with Crippen molar-refractivity contribution in [2.75, 3.05) is 5.32 Å². The summed E-state index contributed by atoms with van der Waals surface area (Å²) in [7, 11) is 0. The number of anilines is 1. The van der Waals surface area contributed by atoms with E-state index in [4.69, 9.17) is 5.21 Å². The molecule has 1 atom stereocenters. The number of hydrogen-bond acceptors (Lipinski definition) is 3. The van der Waals surface area contributed by atoms with Gasteiger partial charge in [0.15, 0.2) is 5.69 Å². The van der Waals surface area contributed by atoms with Crippen LogP contribution in [0.25, 0.3) is 0 Å². The second kappa shape index (κ2) is 5.60. The van der Waals surface area contributed by atoms with Gasteiger partial charge in [-0.3, -0.25) is 4.79 Å². The Morgan fingerprint density at radius 1 is 1.30 bits per heavy atom. The van der Waals surface area contributed by atoms with Crippen LogP contribution in [0.2, 0.25) is 0 Å². The zero-order chi connectivity index (χ0) is 15.7. The summed E-state index contributed by atoms with van der Waals surface area (Å²) in [5.74, 6) is -8.12. The number of nitrogens with one attached hydrogen (secondary N) is 2. The maximum atomic E-state index is 12.7. The van der Waals surface area contributed by atoms with Gasteiger partial charge in [-0.2, -0.15) is 27.2 Å². The molecule has 1 unspecified atom stereocenters. The quantitative estimate of drug-likeness (QED) is 0.567. The smallest absolute Gasteiger partial charge is 0.463 e. The zero-order valence-corrected chi connectivity index (χ0v) is 10.8. The van der Waals surface area contributed by atoms with Crippen LogP contribution in [0, 0.1) is 5.21 Å². The molecule has 5 nitrogen and oxygen atoms in total. The van der Waals surface area contributed by atoms with Crippen molar-refractivity contribution in [2.45, 2.75) is 12.1 Å². The summed E-state index contributed by atoms with van der Waals surface area (Å²) in [4.78, 5) is 10.9. The molecule has 0 aliphatic heterocycles. The molecule has 0 radical (unpaired) electrons. The maximum absolute atomic E-state index is 12.7. The van der Waals surface area contributed by atoms with E-state index in [0.717, 1.165) is 18.2 Å². The van der Waals surface area contributed by atoms with E-state index in [1.807, 2.05) is 0 Å². The molecular weight excluding hydrogens is 359 g/mol. The fourth-order valence-corrected chi connectivity index (χ4v) is 1.56. The lowest BCUT2D eigenvalue weighted by molar-refractivity contribution is -0.991. The molecule has 3 N–H and O–H groups in total. The van der Waals surface area contributed by atoms with Gasteiger partial charge in [0.1, 0.15) is 0 Å². The Hall–Kier alpha value is -1.30. The van der Waals surface area contributed by atoms with Crippen molar-refractivity contribution in [3.05, 3.63) is 27.9 Å². The predicted octanol–water partition coefficient (Wildman–Crippen LogP) is 1.99. The molecule has 1 amide bonds. The molecule has 1 aromatic rings. The first-order valence-electron chi connectivity index (χ1n) is 4.75. The Kier molecular flexibility index (Phi) is 4.69. The fourth-order valence-electron chi connectivity index (χ4n) is 1.08. The Balaban J connectivity index is 2.98. The first kappa shape index (κ1) is 16.8. The van der Waals surface area contributed by atoms with Crippen molar-refractivity contribution in [1.82, 2.24) is 0 Å². The van der Waals surface area contributed by atoms with Crippen molar-refractivity contribution >= 4 is 33.2 Å². The number of halogens is 6. The molecule has 0 aliphatic rings. The highest BCUT2D eigenvalue weighted by Gasteiger charge is 2.63. The minimum absolute atomic E-state index is 0.149. The standard InChI is InChI=1S/C9H6BrF5N2O3/c10-5-3-4(17(19)20)1-2-6(5)16-7(18)8(11,12)9(13,14)15/h1-3,17,19H,(H,16,18). The summed E-state index contributed by atoms with van der Waals surface area (Å²) >= 11 is 2.76. The Morgan fingerprint density at radius 3 is 2.25 bits per heavy atom. The lowest BCUT2D eigenvalue weighted by atomic mass is 10.2. The minimum atomic E-state index is -6.02. The first-order valence-corrected chi connectivity index (χ1v) is 5.55. The molecule has 20 heavy (non-hydrogen) atoms. The van der Waals surface area contributed by atoms with Crippen molar-refractivity contribution in [1.29, 1.82) is 0 Å². The third-order valence-corrected chi connectivity index (χ3v) is 2.76. The third-order valence-electron chi connectivity index (χ3n) is 2.11. The van der Waals surface area contributed by atoms with Crippen LogP contribution >= 0.6 is 15.9 Å². The Labute approximate surface area is 116 Å². The fraction of sp³-hybridized carbons (Fsp3) is 0.222. The third kappa shape index (κ3) is 3.42. The molecule has 112 valence electrons. The Bertz CT molecular complexity index is 521. The van der Waals surface area contributed by atoms with Crippen LogP contribution in [0.3, 0.4) is 0 Å². The lowest BCUT2D eigenvalue weighted by Crippen LogP contribution is -2.99. The SMILES string of the molecule is O=C(Nc1ccc([NH+]([O-])O)cc1Br)C(F)(F)C(F)(F)F. The van der Waals surface area contributed by atoms with Crippen molar-refractivity contribution in [2.24, 2.45) is 0 Å². The monoisotopic (exact) mass is 364 g/mol. The van der Waals surface area contributed by atoms with Crippen LogP contribution in [0.5, 0.6) is 0 Å². The highest BCUT2D eigenvalue weighted by molar-refractivity contribution is 9.10. The number of alkyl halides is 5. The molecular formula is C9H6BrF5N2O3. The molecule has 1 aromatic carbocycles. The van der Waals surface area contributed by atoms with Gasteiger partial charge >= 0.3 is 18.0 Å². The van der Waals surface area contributed by atoms with E-state index < -0.39 is 28.9 Å². The van der Waals surface area contributed by atoms with E-state index in [1.54, 1.807) is 0 Å². The largest absolute Gasteiger partial charge is 0.595 e. The van der Waals surface area contributed by atoms with Crippen molar-refractivity contribution in [3.63, 3.8) is 0 Å². The van der Waals surface area contributed by atoms with E-state index in [-0.39, 0.29) is 10.2 Å². The number of hydrogen-bond donors (Lipinski definition) is 3. The predicted molar refractivity (Wildman–Crippen MR) is 59.5 cm³/mol. The molecule has 1 rings (SSSR count). The highest BCUT2D eigenvalue weighted by atomic mass is 79.9. The van der Waals surface area contributed by atoms with Gasteiger partial charge in [-0.25, -0.2) is 5.21 Å². The van der Waals surface area contributed by atoms with Crippen LogP contribution in [-0.4, -0.2) is 23.2 Å². The van der Waals surface area contributed by atoms with E-state index >= 15 is 0 Å². The first-order chi connectivity index (χ1) is 8.96. The van der Waals surface area contributed by atoms with Crippen molar-refractivity contribution < 1.29 is 37.2 Å². The average Bonchev–Trinajstić information content (AvgIpc) is 2.29.